The zero-order valence-electron chi connectivity index (χ0n) is 24.1. The minimum absolute atomic E-state index is 0.574. The zero-order valence-corrected chi connectivity index (χ0v) is 24.1. The Morgan fingerprint density at radius 3 is 1.71 bits per heavy atom. The van der Waals surface area contributed by atoms with Crippen molar-refractivity contribution in [3.63, 3.8) is 0 Å². The van der Waals surface area contributed by atoms with Gasteiger partial charge in [-0.05, 0) is 48.5 Å². The SMILES string of the molecule is c1ccc(-n2c3ccccc3c3cc(-c4nc(-n5c6ccccc6c6ccccc65)nc5oc6ccccc6c45)ccc32)cc1. The van der Waals surface area contributed by atoms with E-state index in [0.717, 1.165) is 60.6 Å². The number of aromatic nitrogens is 4. The second kappa shape index (κ2) is 9.15. The monoisotopic (exact) mass is 576 g/mol. The van der Waals surface area contributed by atoms with E-state index in [9.17, 15) is 0 Å². The van der Waals surface area contributed by atoms with Gasteiger partial charge < -0.3 is 8.98 Å². The first kappa shape index (κ1) is 24.3. The number of fused-ring (bicyclic) bond motifs is 9. The number of hydrogen-bond donors (Lipinski definition) is 0. The summed E-state index contributed by atoms with van der Waals surface area (Å²) < 4.78 is 10.9. The Hall–Kier alpha value is -6.20. The first-order valence-corrected chi connectivity index (χ1v) is 15.1. The van der Waals surface area contributed by atoms with Crippen LogP contribution in [0.15, 0.2) is 150 Å². The average molecular weight is 577 g/mol. The molecule has 0 N–H and O–H groups in total. The molecule has 0 atom stereocenters. The minimum Gasteiger partial charge on any atom is -0.437 e. The molecule has 210 valence electrons. The third kappa shape index (κ3) is 3.43. The van der Waals surface area contributed by atoms with Crippen LogP contribution in [0.2, 0.25) is 0 Å². The lowest BCUT2D eigenvalue weighted by Crippen LogP contribution is -2.02. The Bertz CT molecular complexity index is 2710. The van der Waals surface area contributed by atoms with Gasteiger partial charge in [-0.3, -0.25) is 4.57 Å². The van der Waals surface area contributed by atoms with Crippen molar-refractivity contribution in [3.05, 3.63) is 146 Å². The number of nitrogens with zero attached hydrogens (tertiary/aromatic N) is 4. The van der Waals surface area contributed by atoms with Gasteiger partial charge in [0.05, 0.1) is 33.1 Å². The summed E-state index contributed by atoms with van der Waals surface area (Å²) in [5, 5.41) is 6.62. The molecule has 5 heteroatoms. The highest BCUT2D eigenvalue weighted by Crippen LogP contribution is 2.40. The van der Waals surface area contributed by atoms with Crippen LogP contribution in [0.1, 0.15) is 0 Å². The Morgan fingerprint density at radius 2 is 1.00 bits per heavy atom. The maximum absolute atomic E-state index is 6.43. The van der Waals surface area contributed by atoms with Crippen molar-refractivity contribution in [1.82, 2.24) is 19.1 Å². The quantitative estimate of drug-likeness (QED) is 0.210. The van der Waals surface area contributed by atoms with Gasteiger partial charge in [-0.15, -0.1) is 0 Å². The van der Waals surface area contributed by atoms with Crippen molar-refractivity contribution in [2.75, 3.05) is 0 Å². The maximum Gasteiger partial charge on any atom is 0.238 e. The maximum atomic E-state index is 6.43. The molecule has 4 aromatic heterocycles. The van der Waals surface area contributed by atoms with Crippen LogP contribution in [-0.2, 0) is 0 Å². The molecule has 6 aromatic carbocycles. The van der Waals surface area contributed by atoms with Gasteiger partial charge in [-0.1, -0.05) is 97.1 Å². The van der Waals surface area contributed by atoms with Crippen LogP contribution in [0, 0.1) is 0 Å². The fraction of sp³-hybridized carbons (Fsp3) is 0. The Labute approximate surface area is 257 Å². The first-order valence-electron chi connectivity index (χ1n) is 15.1. The van der Waals surface area contributed by atoms with E-state index in [1.165, 1.54) is 16.3 Å². The van der Waals surface area contributed by atoms with Crippen LogP contribution in [0.4, 0.5) is 0 Å². The third-order valence-corrected chi connectivity index (χ3v) is 8.97. The van der Waals surface area contributed by atoms with E-state index in [2.05, 4.69) is 137 Å². The lowest BCUT2D eigenvalue weighted by Gasteiger charge is -2.10. The van der Waals surface area contributed by atoms with Gasteiger partial charge in [0.2, 0.25) is 11.7 Å². The van der Waals surface area contributed by atoms with Gasteiger partial charge in [0.15, 0.2) is 0 Å². The van der Waals surface area contributed by atoms with Crippen LogP contribution in [-0.4, -0.2) is 19.1 Å². The van der Waals surface area contributed by atoms with Crippen LogP contribution in [0.3, 0.4) is 0 Å². The van der Waals surface area contributed by atoms with Crippen LogP contribution >= 0.6 is 0 Å². The number of benzene rings is 6. The summed E-state index contributed by atoms with van der Waals surface area (Å²) in [4.78, 5) is 10.5. The highest BCUT2D eigenvalue weighted by Gasteiger charge is 2.22. The Balaban J connectivity index is 1.31. The second-order valence-electron chi connectivity index (χ2n) is 11.4. The predicted molar refractivity (Wildman–Crippen MR) is 183 cm³/mol. The second-order valence-corrected chi connectivity index (χ2v) is 11.4. The van der Waals surface area contributed by atoms with Gasteiger partial charge in [-0.2, -0.15) is 4.98 Å². The molecular formula is C40H24N4O. The fourth-order valence-corrected chi connectivity index (χ4v) is 7.03. The molecule has 0 amide bonds. The molecule has 0 saturated carbocycles. The van der Waals surface area contributed by atoms with Gasteiger partial charge in [0.1, 0.15) is 5.58 Å². The lowest BCUT2D eigenvalue weighted by molar-refractivity contribution is 0.651. The number of hydrogen-bond acceptors (Lipinski definition) is 3. The topological polar surface area (TPSA) is 48.8 Å². The molecule has 0 aliphatic carbocycles. The van der Waals surface area contributed by atoms with Crippen molar-refractivity contribution < 1.29 is 4.42 Å². The molecule has 10 rings (SSSR count). The Kier molecular flexibility index (Phi) is 4.93. The average Bonchev–Trinajstić information content (AvgIpc) is 3.75. The third-order valence-electron chi connectivity index (χ3n) is 8.97. The van der Waals surface area contributed by atoms with Crippen LogP contribution in [0.25, 0.3) is 88.6 Å². The molecule has 4 heterocycles. The summed E-state index contributed by atoms with van der Waals surface area (Å²) in [6.07, 6.45) is 0. The highest BCUT2D eigenvalue weighted by atomic mass is 16.3. The molecule has 0 aliphatic heterocycles. The van der Waals surface area contributed by atoms with Crippen LogP contribution < -0.4 is 0 Å². The lowest BCUT2D eigenvalue weighted by atomic mass is 10.0. The van der Waals surface area contributed by atoms with E-state index in [4.69, 9.17) is 14.4 Å². The van der Waals surface area contributed by atoms with Gasteiger partial charge >= 0.3 is 0 Å². The predicted octanol–water partition coefficient (Wildman–Crippen LogP) is 10.2. The molecule has 45 heavy (non-hydrogen) atoms. The number of rotatable bonds is 3. The van der Waals surface area contributed by atoms with E-state index >= 15 is 0 Å². The van der Waals surface area contributed by atoms with E-state index in [1.54, 1.807) is 0 Å². The van der Waals surface area contributed by atoms with E-state index in [-0.39, 0.29) is 0 Å². The molecule has 0 spiro atoms. The zero-order chi connectivity index (χ0) is 29.5. The molecular weight excluding hydrogens is 552 g/mol. The molecule has 0 radical (unpaired) electrons. The summed E-state index contributed by atoms with van der Waals surface area (Å²) in [5.41, 5.74) is 8.80. The van der Waals surface area contributed by atoms with E-state index in [1.807, 2.05) is 18.2 Å². The fourth-order valence-electron chi connectivity index (χ4n) is 7.03. The van der Waals surface area contributed by atoms with E-state index in [0.29, 0.717) is 11.7 Å². The van der Waals surface area contributed by atoms with Gasteiger partial charge in [-0.25, -0.2) is 4.98 Å². The van der Waals surface area contributed by atoms with Crippen molar-refractivity contribution in [1.29, 1.82) is 0 Å². The molecule has 0 fully saturated rings. The normalized spacial score (nSPS) is 12.0. The standard InChI is InChI=1S/C40H24N4O/c1-2-12-26(13-3-1)43-32-18-8-6-16-29(32)31-24-25(22-23-35(31)43)38-37-30-17-7-11-21-36(30)45-39(37)42-40(41-38)44-33-19-9-4-14-27(33)28-15-5-10-20-34(28)44/h1-24H. The number of para-hydroxylation sites is 5. The van der Waals surface area contributed by atoms with Crippen LogP contribution in [0.5, 0.6) is 0 Å². The minimum atomic E-state index is 0.574. The largest absolute Gasteiger partial charge is 0.437 e. The molecule has 10 aromatic rings. The summed E-state index contributed by atoms with van der Waals surface area (Å²) in [5.74, 6) is 0.584. The summed E-state index contributed by atoms with van der Waals surface area (Å²) in [6, 6.07) is 50.8. The molecule has 5 nitrogen and oxygen atoms in total. The van der Waals surface area contributed by atoms with E-state index < -0.39 is 0 Å². The summed E-state index contributed by atoms with van der Waals surface area (Å²) >= 11 is 0. The molecule has 0 bridgehead atoms. The first-order chi connectivity index (χ1) is 22.3. The van der Waals surface area contributed by atoms with Crippen molar-refractivity contribution in [2.45, 2.75) is 0 Å². The molecule has 0 unspecified atom stereocenters. The van der Waals surface area contributed by atoms with Gasteiger partial charge in [0, 0.05) is 38.2 Å². The van der Waals surface area contributed by atoms with Crippen molar-refractivity contribution in [3.8, 4) is 22.9 Å². The Morgan fingerprint density at radius 1 is 0.444 bits per heavy atom. The summed E-state index contributed by atoms with van der Waals surface area (Å²) in [7, 11) is 0. The summed E-state index contributed by atoms with van der Waals surface area (Å²) in [6.45, 7) is 0. The smallest absolute Gasteiger partial charge is 0.238 e. The van der Waals surface area contributed by atoms with Gasteiger partial charge in [0.25, 0.3) is 0 Å². The molecule has 0 saturated heterocycles. The van der Waals surface area contributed by atoms with Crippen molar-refractivity contribution in [2.24, 2.45) is 0 Å². The highest BCUT2D eigenvalue weighted by molar-refractivity contribution is 6.14. The van der Waals surface area contributed by atoms with Crippen molar-refractivity contribution >= 4 is 65.7 Å². The molecule has 0 aliphatic rings. The number of furan rings is 1.